The van der Waals surface area contributed by atoms with Crippen molar-refractivity contribution in [3.63, 3.8) is 0 Å². The van der Waals surface area contributed by atoms with Gasteiger partial charge in [0.1, 0.15) is 10.6 Å². The van der Waals surface area contributed by atoms with Crippen molar-refractivity contribution in [1.82, 2.24) is 19.4 Å². The lowest BCUT2D eigenvalue weighted by atomic mass is 10.0. The topological polar surface area (TPSA) is 53.8 Å². The van der Waals surface area contributed by atoms with E-state index in [4.69, 9.17) is 9.72 Å². The first kappa shape index (κ1) is 25.1. The van der Waals surface area contributed by atoms with Crippen molar-refractivity contribution < 1.29 is 4.74 Å². The zero-order valence-electron chi connectivity index (χ0n) is 22.0. The SMILES string of the molecule is COc1ccccc1N1CCN(CCn2cnc3sc4c(c3c2=O)CCN(CCc2ccccc2)C4)CC1. The maximum Gasteiger partial charge on any atom is 0.262 e. The minimum absolute atomic E-state index is 0.123. The van der Waals surface area contributed by atoms with Gasteiger partial charge >= 0.3 is 0 Å². The maximum absolute atomic E-state index is 13.5. The van der Waals surface area contributed by atoms with Crippen LogP contribution in [0.15, 0.2) is 65.7 Å². The van der Waals surface area contributed by atoms with E-state index < -0.39 is 0 Å². The third-order valence-corrected chi connectivity index (χ3v) is 9.05. The fourth-order valence-corrected chi connectivity index (χ4v) is 6.93. The minimum Gasteiger partial charge on any atom is -0.495 e. The number of thiophene rings is 1. The number of ether oxygens (including phenoxy) is 1. The highest BCUT2D eigenvalue weighted by atomic mass is 32.1. The Kier molecular flexibility index (Phi) is 7.44. The minimum atomic E-state index is 0.123. The lowest BCUT2D eigenvalue weighted by Gasteiger charge is -2.36. The summed E-state index contributed by atoms with van der Waals surface area (Å²) in [6, 6.07) is 18.9. The fourth-order valence-electron chi connectivity index (χ4n) is 5.71. The van der Waals surface area contributed by atoms with Gasteiger partial charge in [0.15, 0.2) is 0 Å². The average Bonchev–Trinajstić information content (AvgIpc) is 3.35. The normalized spacial score (nSPS) is 16.6. The zero-order valence-corrected chi connectivity index (χ0v) is 22.8. The largest absolute Gasteiger partial charge is 0.495 e. The lowest BCUT2D eigenvalue weighted by molar-refractivity contribution is 0.246. The number of para-hydroxylation sites is 2. The molecule has 0 amide bonds. The van der Waals surface area contributed by atoms with Crippen LogP contribution in [0.3, 0.4) is 0 Å². The Bertz CT molecular complexity index is 1440. The van der Waals surface area contributed by atoms with Crippen LogP contribution in [0.1, 0.15) is 16.0 Å². The van der Waals surface area contributed by atoms with Gasteiger partial charge in [0, 0.05) is 63.8 Å². The summed E-state index contributed by atoms with van der Waals surface area (Å²) in [5.74, 6) is 0.922. The first-order valence-electron chi connectivity index (χ1n) is 13.6. The van der Waals surface area contributed by atoms with Crippen LogP contribution in [0.5, 0.6) is 5.75 Å². The summed E-state index contributed by atoms with van der Waals surface area (Å²) in [6.07, 6.45) is 3.74. The Hall–Kier alpha value is -3.20. The molecule has 0 aliphatic carbocycles. The molecule has 4 heterocycles. The summed E-state index contributed by atoms with van der Waals surface area (Å²) in [6.45, 7) is 8.31. The number of rotatable bonds is 8. The second-order valence-electron chi connectivity index (χ2n) is 10.2. The van der Waals surface area contributed by atoms with Crippen LogP contribution in [0.25, 0.3) is 10.2 Å². The molecule has 2 aliphatic heterocycles. The number of piperazine rings is 1. The molecule has 198 valence electrons. The molecular weight excluding hydrogens is 494 g/mol. The van der Waals surface area contributed by atoms with E-state index in [9.17, 15) is 4.79 Å². The van der Waals surface area contributed by atoms with E-state index in [1.54, 1.807) is 24.8 Å². The van der Waals surface area contributed by atoms with Gasteiger partial charge in [-0.1, -0.05) is 42.5 Å². The molecule has 4 aromatic rings. The molecule has 1 fully saturated rings. The first-order valence-corrected chi connectivity index (χ1v) is 14.4. The van der Waals surface area contributed by atoms with Gasteiger partial charge in [0.05, 0.1) is 24.5 Å². The van der Waals surface area contributed by atoms with Crippen LogP contribution in [0.2, 0.25) is 0 Å². The van der Waals surface area contributed by atoms with Gasteiger partial charge in [-0.2, -0.15) is 0 Å². The standard InChI is InChI=1S/C30H35N5O2S/c1-37-26-10-6-5-9-25(26)34-18-15-32(16-19-34)17-20-35-22-31-29-28(30(35)36)24-12-14-33(21-27(24)38-29)13-11-23-7-3-2-4-8-23/h2-10,22H,11-21H2,1H3. The van der Waals surface area contributed by atoms with Crippen LogP contribution in [0.4, 0.5) is 5.69 Å². The van der Waals surface area contributed by atoms with Gasteiger partial charge < -0.3 is 9.64 Å². The molecule has 0 spiro atoms. The fraction of sp³-hybridized carbons (Fsp3) is 0.400. The molecular formula is C30H35N5O2S. The number of benzene rings is 2. The number of fused-ring (bicyclic) bond motifs is 3. The summed E-state index contributed by atoms with van der Waals surface area (Å²) >= 11 is 1.70. The van der Waals surface area contributed by atoms with Crippen molar-refractivity contribution >= 4 is 27.2 Å². The summed E-state index contributed by atoms with van der Waals surface area (Å²) in [7, 11) is 1.73. The van der Waals surface area contributed by atoms with Crippen molar-refractivity contribution in [3.8, 4) is 5.75 Å². The molecule has 38 heavy (non-hydrogen) atoms. The molecule has 7 nitrogen and oxygen atoms in total. The van der Waals surface area contributed by atoms with Gasteiger partial charge in [-0.25, -0.2) is 4.98 Å². The van der Waals surface area contributed by atoms with Crippen LogP contribution in [-0.4, -0.2) is 72.3 Å². The Morgan fingerprint density at radius 1 is 0.895 bits per heavy atom. The van der Waals surface area contributed by atoms with Crippen molar-refractivity contribution in [2.75, 3.05) is 57.8 Å². The first-order chi connectivity index (χ1) is 18.7. The van der Waals surface area contributed by atoms with E-state index in [2.05, 4.69) is 57.2 Å². The number of anilines is 1. The molecule has 8 heteroatoms. The third kappa shape index (κ3) is 5.21. The van der Waals surface area contributed by atoms with Crippen molar-refractivity contribution in [1.29, 1.82) is 0 Å². The molecule has 0 radical (unpaired) electrons. The van der Waals surface area contributed by atoms with E-state index in [0.717, 1.165) is 86.9 Å². The molecule has 2 aromatic heterocycles. The van der Waals surface area contributed by atoms with E-state index in [1.807, 2.05) is 16.7 Å². The number of hydrogen-bond acceptors (Lipinski definition) is 7. The summed E-state index contributed by atoms with van der Waals surface area (Å²) in [4.78, 5) is 27.8. The van der Waals surface area contributed by atoms with Gasteiger partial charge in [-0.3, -0.25) is 19.2 Å². The van der Waals surface area contributed by atoms with E-state index in [1.165, 1.54) is 16.0 Å². The second-order valence-corrected chi connectivity index (χ2v) is 11.3. The number of methoxy groups -OCH3 is 1. The molecule has 2 aliphatic rings. The molecule has 0 N–H and O–H groups in total. The lowest BCUT2D eigenvalue weighted by Crippen LogP contribution is -2.47. The van der Waals surface area contributed by atoms with E-state index >= 15 is 0 Å². The number of aromatic nitrogens is 2. The van der Waals surface area contributed by atoms with Gasteiger partial charge in [0.25, 0.3) is 5.56 Å². The predicted molar refractivity (Wildman–Crippen MR) is 155 cm³/mol. The summed E-state index contributed by atoms with van der Waals surface area (Å²) < 4.78 is 7.37. The highest BCUT2D eigenvalue weighted by molar-refractivity contribution is 7.18. The molecule has 0 unspecified atom stereocenters. The van der Waals surface area contributed by atoms with Gasteiger partial charge in [-0.15, -0.1) is 11.3 Å². The Balaban J connectivity index is 1.08. The summed E-state index contributed by atoms with van der Waals surface area (Å²) in [5.41, 5.74) is 3.89. The highest BCUT2D eigenvalue weighted by Crippen LogP contribution is 2.32. The van der Waals surface area contributed by atoms with Gasteiger partial charge in [-0.05, 0) is 36.1 Å². The number of nitrogens with zero attached hydrogens (tertiary/aromatic N) is 5. The molecule has 0 saturated carbocycles. The quantitative estimate of drug-likeness (QED) is 0.345. The van der Waals surface area contributed by atoms with Crippen molar-refractivity contribution in [2.45, 2.75) is 25.9 Å². The van der Waals surface area contributed by atoms with E-state index in [0.29, 0.717) is 6.54 Å². The van der Waals surface area contributed by atoms with Gasteiger partial charge in [0.2, 0.25) is 0 Å². The third-order valence-electron chi connectivity index (χ3n) is 7.92. The maximum atomic E-state index is 13.5. The van der Waals surface area contributed by atoms with Crippen LogP contribution < -0.4 is 15.2 Å². The molecule has 0 bridgehead atoms. The highest BCUT2D eigenvalue weighted by Gasteiger charge is 2.24. The monoisotopic (exact) mass is 529 g/mol. The summed E-state index contributed by atoms with van der Waals surface area (Å²) in [5, 5.41) is 0.858. The Labute approximate surface area is 227 Å². The Morgan fingerprint density at radius 3 is 2.50 bits per heavy atom. The van der Waals surface area contributed by atoms with E-state index in [-0.39, 0.29) is 5.56 Å². The molecule has 2 aromatic carbocycles. The predicted octanol–water partition coefficient (Wildman–Crippen LogP) is 3.89. The van der Waals surface area contributed by atoms with Crippen LogP contribution >= 0.6 is 11.3 Å². The second kappa shape index (κ2) is 11.3. The zero-order chi connectivity index (χ0) is 25.9. The smallest absolute Gasteiger partial charge is 0.262 e. The van der Waals surface area contributed by atoms with Crippen molar-refractivity contribution in [2.24, 2.45) is 0 Å². The van der Waals surface area contributed by atoms with Crippen LogP contribution in [0, 0.1) is 0 Å². The molecule has 1 saturated heterocycles. The van der Waals surface area contributed by atoms with Crippen LogP contribution in [-0.2, 0) is 25.9 Å². The number of hydrogen-bond donors (Lipinski definition) is 0. The average molecular weight is 530 g/mol. The molecule has 0 atom stereocenters. The van der Waals surface area contributed by atoms with Crippen molar-refractivity contribution in [3.05, 3.63) is 87.3 Å². The molecule has 6 rings (SSSR count). The Morgan fingerprint density at radius 2 is 1.68 bits per heavy atom.